The van der Waals surface area contributed by atoms with Gasteiger partial charge in [0.15, 0.2) is 15.1 Å². The molecule has 0 aromatic heterocycles. The highest BCUT2D eigenvalue weighted by Crippen LogP contribution is 2.23. The normalized spacial score (nSPS) is 12.5. The van der Waals surface area contributed by atoms with E-state index in [1.807, 2.05) is 0 Å². The maximum absolute atomic E-state index is 12.7. The summed E-state index contributed by atoms with van der Waals surface area (Å²) in [5.41, 5.74) is -0.300. The van der Waals surface area contributed by atoms with E-state index in [1.165, 1.54) is 13.8 Å². The summed E-state index contributed by atoms with van der Waals surface area (Å²) in [5.74, 6) is -1.94. The maximum atomic E-state index is 12.7. The summed E-state index contributed by atoms with van der Waals surface area (Å²) in [4.78, 5) is 33.5. The summed E-state index contributed by atoms with van der Waals surface area (Å²) in [7, 11) is -4.30. The number of carbonyl (C=O) groups excluding carboxylic acids is 2. The molecule has 25 heavy (non-hydrogen) atoms. The molecule has 0 spiro atoms. The molecule has 0 saturated carbocycles. The standard InChI is InChI=1S/C15H19NO8S/c1-4-23-14(17)9-13(15(18)24-10(2)3)25(21,22)12-7-5-11(6-8-12)16(19)20/h5-8,10,13H,4,9H2,1-3H3. The topological polar surface area (TPSA) is 130 Å². The van der Waals surface area contributed by atoms with Gasteiger partial charge in [0, 0.05) is 12.1 Å². The van der Waals surface area contributed by atoms with Gasteiger partial charge in [0.1, 0.15) is 0 Å². The first-order valence-corrected chi connectivity index (χ1v) is 8.98. The molecular weight excluding hydrogens is 354 g/mol. The fraction of sp³-hybridized carbons (Fsp3) is 0.467. The number of nitrogens with zero attached hydrogens (tertiary/aromatic N) is 1. The highest BCUT2D eigenvalue weighted by molar-refractivity contribution is 7.92. The van der Waals surface area contributed by atoms with Crippen molar-refractivity contribution in [3.05, 3.63) is 34.4 Å². The van der Waals surface area contributed by atoms with Crippen molar-refractivity contribution in [3.63, 3.8) is 0 Å². The van der Waals surface area contributed by atoms with Crippen LogP contribution >= 0.6 is 0 Å². The van der Waals surface area contributed by atoms with E-state index in [-0.39, 0.29) is 17.2 Å². The van der Waals surface area contributed by atoms with Gasteiger partial charge < -0.3 is 9.47 Å². The first kappa shape index (κ1) is 20.6. The van der Waals surface area contributed by atoms with Crippen LogP contribution in [-0.4, -0.2) is 43.2 Å². The molecule has 1 unspecified atom stereocenters. The third kappa shape index (κ3) is 5.52. The largest absolute Gasteiger partial charge is 0.466 e. The van der Waals surface area contributed by atoms with Crippen LogP contribution in [0.5, 0.6) is 0 Å². The molecule has 0 heterocycles. The lowest BCUT2D eigenvalue weighted by molar-refractivity contribution is -0.384. The molecule has 0 aliphatic carbocycles. The van der Waals surface area contributed by atoms with Crippen LogP contribution < -0.4 is 0 Å². The van der Waals surface area contributed by atoms with Gasteiger partial charge in [0.25, 0.3) is 5.69 Å². The smallest absolute Gasteiger partial charge is 0.325 e. The van der Waals surface area contributed by atoms with Gasteiger partial charge in [-0.15, -0.1) is 0 Å². The summed E-state index contributed by atoms with van der Waals surface area (Å²) in [6.45, 7) is 4.65. The van der Waals surface area contributed by atoms with Gasteiger partial charge >= 0.3 is 11.9 Å². The van der Waals surface area contributed by atoms with E-state index in [1.54, 1.807) is 6.92 Å². The van der Waals surface area contributed by atoms with Gasteiger partial charge in [-0.25, -0.2) is 8.42 Å². The summed E-state index contributed by atoms with van der Waals surface area (Å²) in [5, 5.41) is 8.87. The number of hydrogen-bond donors (Lipinski definition) is 0. The van der Waals surface area contributed by atoms with Gasteiger partial charge in [-0.05, 0) is 32.9 Å². The van der Waals surface area contributed by atoms with Crippen molar-refractivity contribution >= 4 is 27.5 Å². The van der Waals surface area contributed by atoms with E-state index in [0.717, 1.165) is 24.3 Å². The van der Waals surface area contributed by atoms with Crippen LogP contribution in [-0.2, 0) is 28.9 Å². The zero-order valence-corrected chi connectivity index (χ0v) is 14.8. The molecule has 0 aliphatic heterocycles. The summed E-state index contributed by atoms with van der Waals surface area (Å²) < 4.78 is 35.0. The highest BCUT2D eigenvalue weighted by atomic mass is 32.2. The summed E-state index contributed by atoms with van der Waals surface area (Å²) in [6, 6.07) is 4.02. The first-order valence-electron chi connectivity index (χ1n) is 7.44. The van der Waals surface area contributed by atoms with Crippen molar-refractivity contribution in [2.75, 3.05) is 6.61 Å². The molecule has 1 rings (SSSR count). The fourth-order valence-corrected chi connectivity index (χ4v) is 3.43. The molecule has 1 aromatic rings. The molecule has 0 saturated heterocycles. The minimum absolute atomic E-state index is 0.0301. The SMILES string of the molecule is CCOC(=O)CC(C(=O)OC(C)C)S(=O)(=O)c1ccc([N+](=O)[O-])cc1. The fourth-order valence-electron chi connectivity index (χ4n) is 1.92. The lowest BCUT2D eigenvalue weighted by Crippen LogP contribution is -2.36. The van der Waals surface area contributed by atoms with Gasteiger partial charge in [-0.1, -0.05) is 0 Å². The Morgan fingerprint density at radius 3 is 2.20 bits per heavy atom. The zero-order chi connectivity index (χ0) is 19.2. The van der Waals surface area contributed by atoms with Crippen LogP contribution in [0, 0.1) is 10.1 Å². The number of esters is 2. The van der Waals surface area contributed by atoms with E-state index in [2.05, 4.69) is 0 Å². The molecule has 0 aliphatic rings. The monoisotopic (exact) mass is 373 g/mol. The number of nitro benzene ring substituents is 1. The van der Waals surface area contributed by atoms with Crippen molar-refractivity contribution < 1.29 is 32.4 Å². The Balaban J connectivity index is 3.22. The molecule has 138 valence electrons. The number of ether oxygens (including phenoxy) is 2. The number of non-ortho nitro benzene ring substituents is 1. The molecule has 1 aromatic carbocycles. The minimum atomic E-state index is -4.30. The predicted molar refractivity (Wildman–Crippen MR) is 86.5 cm³/mol. The van der Waals surface area contributed by atoms with Crippen molar-refractivity contribution in [1.82, 2.24) is 0 Å². The van der Waals surface area contributed by atoms with Crippen molar-refractivity contribution in [1.29, 1.82) is 0 Å². The van der Waals surface area contributed by atoms with Crippen molar-refractivity contribution in [2.45, 2.75) is 43.4 Å². The van der Waals surface area contributed by atoms with E-state index in [0.29, 0.717) is 0 Å². The van der Waals surface area contributed by atoms with Crippen LogP contribution in [0.2, 0.25) is 0 Å². The number of sulfone groups is 1. The Kier molecular flexibility index (Phi) is 7.04. The Hall–Kier alpha value is -2.49. The Morgan fingerprint density at radius 2 is 1.76 bits per heavy atom. The number of nitro groups is 1. The van der Waals surface area contributed by atoms with Crippen LogP contribution in [0.25, 0.3) is 0 Å². The van der Waals surface area contributed by atoms with Crippen LogP contribution in [0.3, 0.4) is 0 Å². The van der Waals surface area contributed by atoms with Crippen molar-refractivity contribution in [3.8, 4) is 0 Å². The minimum Gasteiger partial charge on any atom is -0.466 e. The van der Waals surface area contributed by atoms with E-state index >= 15 is 0 Å². The molecule has 0 N–H and O–H groups in total. The Labute approximate surface area is 145 Å². The average Bonchev–Trinajstić information content (AvgIpc) is 2.52. The third-order valence-corrected chi connectivity index (χ3v) is 5.06. The number of carbonyl (C=O) groups is 2. The summed E-state index contributed by atoms with van der Waals surface area (Å²) >= 11 is 0. The van der Waals surface area contributed by atoms with Crippen LogP contribution in [0.15, 0.2) is 29.2 Å². The van der Waals surface area contributed by atoms with E-state index in [9.17, 15) is 28.1 Å². The molecule has 1 atom stereocenters. The molecule has 0 radical (unpaired) electrons. The molecular formula is C15H19NO8S. The van der Waals surface area contributed by atoms with Crippen LogP contribution in [0.1, 0.15) is 27.2 Å². The Bertz CT molecular complexity index is 739. The zero-order valence-electron chi connectivity index (χ0n) is 14.0. The van der Waals surface area contributed by atoms with Crippen LogP contribution in [0.4, 0.5) is 5.69 Å². The molecule has 0 bridgehead atoms. The highest BCUT2D eigenvalue weighted by Gasteiger charge is 2.38. The quantitative estimate of drug-likeness (QED) is 0.382. The van der Waals surface area contributed by atoms with Gasteiger partial charge in [0.2, 0.25) is 0 Å². The van der Waals surface area contributed by atoms with E-state index < -0.39 is 44.5 Å². The number of benzene rings is 1. The van der Waals surface area contributed by atoms with E-state index in [4.69, 9.17) is 9.47 Å². The maximum Gasteiger partial charge on any atom is 0.325 e. The molecule has 0 fully saturated rings. The Morgan fingerprint density at radius 1 is 1.20 bits per heavy atom. The van der Waals surface area contributed by atoms with Gasteiger partial charge in [-0.3, -0.25) is 19.7 Å². The average molecular weight is 373 g/mol. The summed E-state index contributed by atoms with van der Waals surface area (Å²) in [6.07, 6.45) is -1.29. The van der Waals surface area contributed by atoms with Gasteiger partial charge in [-0.2, -0.15) is 0 Å². The first-order chi connectivity index (χ1) is 11.6. The molecule has 10 heteroatoms. The second kappa shape index (κ2) is 8.56. The lowest BCUT2D eigenvalue weighted by atomic mass is 10.3. The van der Waals surface area contributed by atoms with Crippen molar-refractivity contribution in [2.24, 2.45) is 0 Å². The second-order valence-electron chi connectivity index (χ2n) is 5.28. The number of hydrogen-bond acceptors (Lipinski definition) is 8. The molecule has 0 amide bonds. The number of rotatable bonds is 8. The lowest BCUT2D eigenvalue weighted by Gasteiger charge is -2.17. The van der Waals surface area contributed by atoms with Gasteiger partial charge in [0.05, 0.1) is 29.0 Å². The molecule has 9 nitrogen and oxygen atoms in total. The second-order valence-corrected chi connectivity index (χ2v) is 7.41. The predicted octanol–water partition coefficient (Wildman–Crippen LogP) is 1.64. The third-order valence-electron chi connectivity index (χ3n) is 3.02.